The van der Waals surface area contributed by atoms with Crippen LogP contribution in [0.2, 0.25) is 0 Å². The van der Waals surface area contributed by atoms with Crippen molar-refractivity contribution < 1.29 is 0 Å². The summed E-state index contributed by atoms with van der Waals surface area (Å²) in [7, 11) is 0. The fraction of sp³-hybridized carbons (Fsp3) is 0.0968. The number of allylic oxidation sites excluding steroid dienone is 2. The van der Waals surface area contributed by atoms with Gasteiger partial charge in [0.1, 0.15) is 0 Å². The maximum Gasteiger partial charge on any atom is 0.0296 e. The lowest BCUT2D eigenvalue weighted by molar-refractivity contribution is 0.573. The molecule has 0 nitrogen and oxygen atoms in total. The Morgan fingerprint density at radius 2 is 0.839 bits per heavy atom. The SMILES string of the molecule is C(=C1\c2ccccc2CC12Cc1ccccc1/C2=C/c1ccccc1)/c1ccccc1. The van der Waals surface area contributed by atoms with Crippen molar-refractivity contribution in [2.75, 3.05) is 0 Å². The highest BCUT2D eigenvalue weighted by molar-refractivity contribution is 6.04. The molecule has 0 aliphatic heterocycles. The number of fused-ring (bicyclic) bond motifs is 2. The molecule has 0 amide bonds. The average Bonchev–Trinajstić information content (AvgIpc) is 3.30. The van der Waals surface area contributed by atoms with E-state index in [0.717, 1.165) is 12.8 Å². The van der Waals surface area contributed by atoms with Crippen LogP contribution in [-0.4, -0.2) is 0 Å². The van der Waals surface area contributed by atoms with Crippen LogP contribution in [0.25, 0.3) is 23.3 Å². The van der Waals surface area contributed by atoms with Crippen LogP contribution in [0, 0.1) is 5.41 Å². The second-order valence-electron chi connectivity index (χ2n) is 8.69. The molecule has 148 valence electrons. The Kier molecular flexibility index (Phi) is 4.25. The summed E-state index contributed by atoms with van der Waals surface area (Å²) in [4.78, 5) is 0. The average molecular weight is 397 g/mol. The minimum absolute atomic E-state index is 0.0287. The van der Waals surface area contributed by atoms with E-state index in [-0.39, 0.29) is 5.41 Å². The first-order valence-corrected chi connectivity index (χ1v) is 11.0. The monoisotopic (exact) mass is 396 g/mol. The van der Waals surface area contributed by atoms with E-state index in [4.69, 9.17) is 0 Å². The molecular formula is C31H24. The number of hydrogen-bond donors (Lipinski definition) is 0. The molecule has 1 spiro atoms. The third-order valence-electron chi connectivity index (χ3n) is 6.85. The molecule has 0 N–H and O–H groups in total. The predicted octanol–water partition coefficient (Wildman–Crippen LogP) is 7.57. The molecule has 0 atom stereocenters. The fourth-order valence-electron chi connectivity index (χ4n) is 5.49. The van der Waals surface area contributed by atoms with Gasteiger partial charge in [-0.25, -0.2) is 0 Å². The van der Waals surface area contributed by atoms with Gasteiger partial charge in [-0.05, 0) is 57.4 Å². The zero-order valence-electron chi connectivity index (χ0n) is 17.5. The quantitative estimate of drug-likeness (QED) is 0.328. The molecule has 0 fully saturated rings. The number of rotatable bonds is 2. The van der Waals surface area contributed by atoms with Gasteiger partial charge < -0.3 is 0 Å². The van der Waals surface area contributed by atoms with E-state index in [2.05, 4.69) is 121 Å². The van der Waals surface area contributed by atoms with Crippen LogP contribution < -0.4 is 0 Å². The smallest absolute Gasteiger partial charge is 0.0296 e. The molecule has 0 saturated heterocycles. The van der Waals surface area contributed by atoms with Crippen LogP contribution in [0.15, 0.2) is 109 Å². The third-order valence-corrected chi connectivity index (χ3v) is 6.85. The lowest BCUT2D eigenvalue weighted by Gasteiger charge is -2.29. The van der Waals surface area contributed by atoms with Crippen LogP contribution in [0.5, 0.6) is 0 Å². The summed E-state index contributed by atoms with van der Waals surface area (Å²) in [6, 6.07) is 39.5. The van der Waals surface area contributed by atoms with E-state index >= 15 is 0 Å². The lowest BCUT2D eigenvalue weighted by atomic mass is 9.73. The maximum absolute atomic E-state index is 2.43. The van der Waals surface area contributed by atoms with E-state index in [0.29, 0.717) is 0 Å². The second-order valence-corrected chi connectivity index (χ2v) is 8.69. The molecule has 6 rings (SSSR count). The van der Waals surface area contributed by atoms with Crippen LogP contribution in [-0.2, 0) is 12.8 Å². The van der Waals surface area contributed by atoms with Gasteiger partial charge in [0.15, 0.2) is 0 Å². The van der Waals surface area contributed by atoms with E-state index in [1.54, 1.807) is 0 Å². The molecule has 0 radical (unpaired) electrons. The molecule has 0 heterocycles. The van der Waals surface area contributed by atoms with Crippen molar-refractivity contribution in [2.24, 2.45) is 5.41 Å². The van der Waals surface area contributed by atoms with Gasteiger partial charge in [0.25, 0.3) is 0 Å². The zero-order valence-corrected chi connectivity index (χ0v) is 17.5. The first-order chi connectivity index (χ1) is 15.3. The largest absolute Gasteiger partial charge is 0.0622 e. The van der Waals surface area contributed by atoms with E-state index in [1.807, 2.05) is 0 Å². The molecule has 4 aromatic rings. The summed E-state index contributed by atoms with van der Waals surface area (Å²) >= 11 is 0. The van der Waals surface area contributed by atoms with Crippen molar-refractivity contribution in [3.8, 4) is 0 Å². The van der Waals surface area contributed by atoms with Crippen LogP contribution in [0.3, 0.4) is 0 Å². The van der Waals surface area contributed by atoms with E-state index in [1.165, 1.54) is 44.5 Å². The Labute approximate surface area is 184 Å². The Morgan fingerprint density at radius 1 is 0.452 bits per heavy atom. The molecule has 0 saturated carbocycles. The molecule has 0 bridgehead atoms. The van der Waals surface area contributed by atoms with Crippen molar-refractivity contribution in [1.29, 1.82) is 0 Å². The summed E-state index contributed by atoms with van der Waals surface area (Å²) in [6.07, 6.45) is 6.96. The number of hydrogen-bond acceptors (Lipinski definition) is 0. The summed E-state index contributed by atoms with van der Waals surface area (Å²) in [5, 5.41) is 0. The maximum atomic E-state index is 2.43. The molecular weight excluding hydrogens is 372 g/mol. The predicted molar refractivity (Wildman–Crippen MR) is 131 cm³/mol. The van der Waals surface area contributed by atoms with Gasteiger partial charge in [0, 0.05) is 5.41 Å². The molecule has 0 unspecified atom stereocenters. The van der Waals surface area contributed by atoms with Crippen molar-refractivity contribution in [3.63, 3.8) is 0 Å². The Bertz CT molecular complexity index is 1200. The van der Waals surface area contributed by atoms with Gasteiger partial charge in [-0.15, -0.1) is 0 Å². The molecule has 2 aliphatic carbocycles. The zero-order chi connectivity index (χ0) is 20.7. The number of benzene rings is 4. The van der Waals surface area contributed by atoms with Crippen LogP contribution in [0.1, 0.15) is 33.4 Å². The Balaban J connectivity index is 1.62. The first-order valence-electron chi connectivity index (χ1n) is 11.0. The summed E-state index contributed by atoms with van der Waals surface area (Å²) in [6.45, 7) is 0. The van der Waals surface area contributed by atoms with Crippen molar-refractivity contribution >= 4 is 23.3 Å². The normalized spacial score (nSPS) is 18.5. The minimum Gasteiger partial charge on any atom is -0.0622 e. The molecule has 4 aromatic carbocycles. The molecule has 31 heavy (non-hydrogen) atoms. The standard InChI is InChI=1S/C31H24/c1-3-11-23(12-4-1)19-29-27-17-9-7-15-25(27)21-31(29)22-26-16-8-10-18-28(26)30(31)20-24-13-5-2-6-14-24/h1-20H,21-22H2/b29-19-,30-20-. The third kappa shape index (κ3) is 2.99. The van der Waals surface area contributed by atoms with Crippen LogP contribution in [0.4, 0.5) is 0 Å². The molecule has 0 aromatic heterocycles. The van der Waals surface area contributed by atoms with Gasteiger partial charge in [-0.3, -0.25) is 0 Å². The Morgan fingerprint density at radius 3 is 1.29 bits per heavy atom. The first kappa shape index (κ1) is 18.2. The van der Waals surface area contributed by atoms with E-state index < -0.39 is 0 Å². The van der Waals surface area contributed by atoms with Gasteiger partial charge in [0.05, 0.1) is 0 Å². The van der Waals surface area contributed by atoms with Gasteiger partial charge in [0.2, 0.25) is 0 Å². The minimum atomic E-state index is -0.0287. The summed E-state index contributed by atoms with van der Waals surface area (Å²) in [5.74, 6) is 0. The second kappa shape index (κ2) is 7.25. The van der Waals surface area contributed by atoms with Crippen molar-refractivity contribution in [1.82, 2.24) is 0 Å². The highest BCUT2D eigenvalue weighted by Gasteiger charge is 2.49. The van der Waals surface area contributed by atoms with Crippen LogP contribution >= 0.6 is 0 Å². The Hall–Kier alpha value is -3.64. The van der Waals surface area contributed by atoms with Gasteiger partial charge >= 0.3 is 0 Å². The topological polar surface area (TPSA) is 0 Å². The van der Waals surface area contributed by atoms with Gasteiger partial charge in [-0.1, -0.05) is 121 Å². The van der Waals surface area contributed by atoms with Gasteiger partial charge in [-0.2, -0.15) is 0 Å². The highest BCUT2D eigenvalue weighted by Crippen LogP contribution is 2.61. The van der Waals surface area contributed by atoms with Crippen molar-refractivity contribution in [2.45, 2.75) is 12.8 Å². The van der Waals surface area contributed by atoms with Crippen molar-refractivity contribution in [3.05, 3.63) is 143 Å². The highest BCUT2D eigenvalue weighted by atomic mass is 14.5. The summed E-state index contributed by atoms with van der Waals surface area (Å²) in [5.41, 5.74) is 11.1. The van der Waals surface area contributed by atoms with E-state index in [9.17, 15) is 0 Å². The molecule has 2 aliphatic rings. The summed E-state index contributed by atoms with van der Waals surface area (Å²) < 4.78 is 0. The fourth-order valence-corrected chi connectivity index (χ4v) is 5.49. The lowest BCUT2D eigenvalue weighted by Crippen LogP contribution is -2.20. The molecule has 0 heteroatoms.